The molecule has 0 bridgehead atoms. The van der Waals surface area contributed by atoms with E-state index in [1.165, 1.54) is 19.3 Å². The zero-order valence-electron chi connectivity index (χ0n) is 17.9. The summed E-state index contributed by atoms with van der Waals surface area (Å²) in [6.07, 6.45) is 3.69. The second-order valence-electron chi connectivity index (χ2n) is 11.3. The molecular formula is C21H45N3. The maximum Gasteiger partial charge on any atom is 0.000322 e. The third-order valence-electron chi connectivity index (χ3n) is 5.33. The van der Waals surface area contributed by atoms with Crippen molar-refractivity contribution in [3.63, 3.8) is 0 Å². The minimum atomic E-state index is 0.337. The summed E-state index contributed by atoms with van der Waals surface area (Å²) in [6, 6.07) is 0. The second kappa shape index (κ2) is 8.51. The summed E-state index contributed by atoms with van der Waals surface area (Å²) >= 11 is 0. The molecule has 0 saturated carbocycles. The van der Waals surface area contributed by atoms with Gasteiger partial charge in [-0.05, 0) is 54.0 Å². The largest absolute Gasteiger partial charge is 0.316 e. The van der Waals surface area contributed by atoms with E-state index < -0.39 is 0 Å². The lowest BCUT2D eigenvalue weighted by atomic mass is 9.74. The van der Waals surface area contributed by atoms with Crippen molar-refractivity contribution in [3.8, 4) is 0 Å². The third-order valence-corrected chi connectivity index (χ3v) is 5.33. The van der Waals surface area contributed by atoms with Gasteiger partial charge in [-0.25, -0.2) is 0 Å². The summed E-state index contributed by atoms with van der Waals surface area (Å²) < 4.78 is 0. The predicted octanol–water partition coefficient (Wildman–Crippen LogP) is 4.04. The van der Waals surface area contributed by atoms with Gasteiger partial charge in [-0.15, -0.1) is 0 Å². The molecule has 0 aliphatic carbocycles. The lowest BCUT2D eigenvalue weighted by Gasteiger charge is -2.37. The summed E-state index contributed by atoms with van der Waals surface area (Å²) in [4.78, 5) is 0. The molecule has 0 amide bonds. The van der Waals surface area contributed by atoms with Crippen molar-refractivity contribution in [2.45, 2.75) is 74.7 Å². The number of hydrogen-bond donors (Lipinski definition) is 3. The molecule has 1 saturated heterocycles. The summed E-state index contributed by atoms with van der Waals surface area (Å²) in [5, 5.41) is 11.2. The minimum Gasteiger partial charge on any atom is -0.316 e. The van der Waals surface area contributed by atoms with Crippen LogP contribution < -0.4 is 16.0 Å². The zero-order valence-corrected chi connectivity index (χ0v) is 17.9. The normalized spacial score (nSPS) is 29.0. The first-order valence-electron chi connectivity index (χ1n) is 9.95. The smallest absolute Gasteiger partial charge is 0.000322 e. The molecule has 1 aliphatic rings. The van der Waals surface area contributed by atoms with Crippen LogP contribution in [0.25, 0.3) is 0 Å². The van der Waals surface area contributed by atoms with Crippen molar-refractivity contribution in [2.75, 3.05) is 39.3 Å². The first-order chi connectivity index (χ1) is 10.8. The molecule has 1 heterocycles. The molecule has 1 fully saturated rings. The van der Waals surface area contributed by atoms with Gasteiger partial charge in [0.15, 0.2) is 0 Å². The lowest BCUT2D eigenvalue weighted by Crippen LogP contribution is -2.42. The monoisotopic (exact) mass is 339 g/mol. The Bertz CT molecular complexity index is 335. The maximum atomic E-state index is 3.72. The molecular weight excluding hydrogens is 294 g/mol. The number of nitrogens with one attached hydrogen (secondary N) is 3. The van der Waals surface area contributed by atoms with Gasteiger partial charge in [-0.2, -0.15) is 0 Å². The third kappa shape index (κ3) is 9.39. The van der Waals surface area contributed by atoms with Crippen LogP contribution >= 0.6 is 0 Å². The van der Waals surface area contributed by atoms with Gasteiger partial charge in [0.2, 0.25) is 0 Å². The van der Waals surface area contributed by atoms with Crippen LogP contribution in [-0.4, -0.2) is 39.3 Å². The molecule has 0 radical (unpaired) electrons. The molecule has 3 heteroatoms. The highest BCUT2D eigenvalue weighted by molar-refractivity contribution is 4.84. The highest BCUT2D eigenvalue weighted by Gasteiger charge is 2.29. The molecule has 0 aromatic rings. The minimum absolute atomic E-state index is 0.337. The molecule has 144 valence electrons. The van der Waals surface area contributed by atoms with Crippen molar-refractivity contribution in [1.82, 2.24) is 16.0 Å². The van der Waals surface area contributed by atoms with Crippen LogP contribution in [0, 0.1) is 21.7 Å². The Balaban J connectivity index is 2.70. The van der Waals surface area contributed by atoms with Crippen LogP contribution in [-0.2, 0) is 0 Å². The van der Waals surface area contributed by atoms with E-state index in [-0.39, 0.29) is 0 Å². The summed E-state index contributed by atoms with van der Waals surface area (Å²) in [5.74, 6) is 0. The van der Waals surface area contributed by atoms with Crippen molar-refractivity contribution in [2.24, 2.45) is 21.7 Å². The topological polar surface area (TPSA) is 36.1 Å². The fourth-order valence-corrected chi connectivity index (χ4v) is 4.04. The molecule has 24 heavy (non-hydrogen) atoms. The van der Waals surface area contributed by atoms with Gasteiger partial charge in [0, 0.05) is 26.2 Å². The van der Waals surface area contributed by atoms with E-state index >= 15 is 0 Å². The summed E-state index contributed by atoms with van der Waals surface area (Å²) in [7, 11) is 0. The molecule has 3 N–H and O–H groups in total. The molecule has 0 atom stereocenters. The van der Waals surface area contributed by atoms with E-state index in [0.29, 0.717) is 21.7 Å². The van der Waals surface area contributed by atoms with Crippen LogP contribution in [0.3, 0.4) is 0 Å². The van der Waals surface area contributed by atoms with Gasteiger partial charge >= 0.3 is 0 Å². The van der Waals surface area contributed by atoms with Gasteiger partial charge in [-0.1, -0.05) is 55.4 Å². The van der Waals surface area contributed by atoms with Gasteiger partial charge in [0.1, 0.15) is 0 Å². The van der Waals surface area contributed by atoms with Gasteiger partial charge < -0.3 is 16.0 Å². The second-order valence-corrected chi connectivity index (χ2v) is 11.3. The fraction of sp³-hybridized carbons (Fsp3) is 1.00. The Kier molecular flexibility index (Phi) is 7.77. The van der Waals surface area contributed by atoms with Gasteiger partial charge in [0.05, 0.1) is 0 Å². The average Bonchev–Trinajstić information content (AvgIpc) is 2.37. The first kappa shape index (κ1) is 21.9. The Morgan fingerprint density at radius 3 is 1.17 bits per heavy atom. The van der Waals surface area contributed by atoms with E-state index in [0.717, 1.165) is 39.3 Å². The Morgan fingerprint density at radius 1 is 0.458 bits per heavy atom. The number of rotatable bonds is 0. The van der Waals surface area contributed by atoms with Gasteiger partial charge in [-0.3, -0.25) is 0 Å². The fourth-order valence-electron chi connectivity index (χ4n) is 4.04. The predicted molar refractivity (Wildman–Crippen MR) is 108 cm³/mol. The molecule has 0 aromatic carbocycles. The molecule has 0 spiro atoms. The SMILES string of the molecule is CC1(C)CCNCC(C)(C)CC(C)(C)CNCCC(C)(C)CNC1. The van der Waals surface area contributed by atoms with Crippen LogP contribution in [0.5, 0.6) is 0 Å². The van der Waals surface area contributed by atoms with E-state index in [2.05, 4.69) is 71.3 Å². The number of hydrogen-bond acceptors (Lipinski definition) is 3. The van der Waals surface area contributed by atoms with Gasteiger partial charge in [0.25, 0.3) is 0 Å². The van der Waals surface area contributed by atoms with Crippen LogP contribution in [0.2, 0.25) is 0 Å². The molecule has 1 rings (SSSR count). The van der Waals surface area contributed by atoms with Crippen LogP contribution in [0.1, 0.15) is 74.7 Å². The van der Waals surface area contributed by atoms with E-state index in [1.54, 1.807) is 0 Å². The molecule has 1 aliphatic heterocycles. The van der Waals surface area contributed by atoms with Crippen molar-refractivity contribution < 1.29 is 0 Å². The van der Waals surface area contributed by atoms with Crippen LogP contribution in [0.4, 0.5) is 0 Å². The van der Waals surface area contributed by atoms with E-state index in [1.807, 2.05) is 0 Å². The summed E-state index contributed by atoms with van der Waals surface area (Å²) in [6.45, 7) is 25.8. The molecule has 0 unspecified atom stereocenters. The maximum absolute atomic E-state index is 3.72. The van der Waals surface area contributed by atoms with Crippen molar-refractivity contribution in [3.05, 3.63) is 0 Å². The standard InChI is InChI=1S/C21H45N3/c1-18(2)9-11-22-16-20(5,6)13-21(7,8)17-23-12-10-19(3,4)15-24-14-18/h22-24H,9-17H2,1-8H3. The van der Waals surface area contributed by atoms with E-state index in [4.69, 9.17) is 0 Å². The average molecular weight is 340 g/mol. The highest BCUT2D eigenvalue weighted by atomic mass is 14.9. The Labute approximate surface area is 152 Å². The quantitative estimate of drug-likeness (QED) is 0.623. The molecule has 0 aromatic heterocycles. The van der Waals surface area contributed by atoms with E-state index in [9.17, 15) is 0 Å². The Hall–Kier alpha value is -0.120. The van der Waals surface area contributed by atoms with Crippen LogP contribution in [0.15, 0.2) is 0 Å². The Morgan fingerprint density at radius 2 is 0.792 bits per heavy atom. The first-order valence-corrected chi connectivity index (χ1v) is 9.95. The lowest BCUT2D eigenvalue weighted by molar-refractivity contribution is 0.176. The molecule has 3 nitrogen and oxygen atoms in total. The van der Waals surface area contributed by atoms with Crippen molar-refractivity contribution >= 4 is 0 Å². The highest BCUT2D eigenvalue weighted by Crippen LogP contribution is 2.33. The van der Waals surface area contributed by atoms with Crippen molar-refractivity contribution in [1.29, 1.82) is 0 Å². The zero-order chi connectivity index (χ0) is 18.5. The summed E-state index contributed by atoms with van der Waals surface area (Å²) in [5.41, 5.74) is 1.37.